The first-order chi connectivity index (χ1) is 19.6. The van der Waals surface area contributed by atoms with Gasteiger partial charge in [0.2, 0.25) is 0 Å². The zero-order chi connectivity index (χ0) is 30.9. The van der Waals surface area contributed by atoms with E-state index >= 15 is 0 Å². The van der Waals surface area contributed by atoms with Crippen molar-refractivity contribution in [3.05, 3.63) is 72.2 Å². The Morgan fingerprint density at radius 2 is 1.67 bits per heavy atom. The Kier molecular flexibility index (Phi) is 9.02. The van der Waals surface area contributed by atoms with Crippen LogP contribution >= 0.6 is 0 Å². The number of hydrogen-bond acceptors (Lipinski definition) is 7. The van der Waals surface area contributed by atoms with Crippen LogP contribution in [-0.2, 0) is 36.3 Å². The summed E-state index contributed by atoms with van der Waals surface area (Å²) in [4.78, 5) is 13.6. The molecule has 4 rings (SSSR count). The second kappa shape index (κ2) is 12.0. The fourth-order valence-corrected chi connectivity index (χ4v) is 7.13. The summed E-state index contributed by atoms with van der Waals surface area (Å²) in [5.74, 6) is -0.635. The van der Waals surface area contributed by atoms with Crippen LogP contribution in [-0.4, -0.2) is 82.1 Å². The average Bonchev–Trinajstić information content (AvgIpc) is 3.36. The van der Waals surface area contributed by atoms with Crippen LogP contribution in [0.4, 0.5) is 14.9 Å². The number of nitrogens with zero attached hydrogens (tertiary/aromatic N) is 4. The first kappa shape index (κ1) is 31.5. The molecule has 1 saturated heterocycles. The lowest BCUT2D eigenvalue weighted by Crippen LogP contribution is -2.47. The third kappa shape index (κ3) is 6.77. The Bertz CT molecular complexity index is 1660. The molecule has 2 heterocycles. The number of morpholine rings is 1. The molecule has 14 heteroatoms. The Morgan fingerprint density at radius 1 is 1.00 bits per heavy atom. The molecule has 228 valence electrons. The number of hydrogen-bond donors (Lipinski definition) is 0. The molecule has 0 atom stereocenters. The summed E-state index contributed by atoms with van der Waals surface area (Å²) in [7, 11) is -5.45. The summed E-state index contributed by atoms with van der Waals surface area (Å²) in [6, 6.07) is 12.8. The molecular formula is C28H35FN4O7S2. The molecule has 1 aliphatic heterocycles. The van der Waals surface area contributed by atoms with Crippen LogP contribution < -0.4 is 4.31 Å². The van der Waals surface area contributed by atoms with Crippen molar-refractivity contribution in [3.8, 4) is 11.3 Å². The highest BCUT2D eigenvalue weighted by atomic mass is 32.2. The van der Waals surface area contributed by atoms with Crippen LogP contribution in [0.25, 0.3) is 11.3 Å². The van der Waals surface area contributed by atoms with E-state index in [1.807, 2.05) is 0 Å². The molecule has 0 radical (unpaired) electrons. The van der Waals surface area contributed by atoms with Crippen molar-refractivity contribution in [1.29, 1.82) is 0 Å². The van der Waals surface area contributed by atoms with Crippen LogP contribution in [0, 0.1) is 5.82 Å². The first-order valence-corrected chi connectivity index (χ1v) is 16.0. The van der Waals surface area contributed by atoms with Gasteiger partial charge in [-0.25, -0.2) is 21.6 Å². The number of benzene rings is 2. The second-order valence-electron chi connectivity index (χ2n) is 10.8. The molecule has 1 amide bonds. The SMILES string of the molecule is CN(Cc1cc(-c2ccccc2F)n(S(=O)(=O)c2cccc(N(C)S(=O)(=O)N3CCOCC3)c2)c1)C(=O)OC(C)(C)C. The van der Waals surface area contributed by atoms with E-state index in [0.29, 0.717) is 5.56 Å². The molecule has 2 aromatic carbocycles. The standard InChI is InChI=1S/C28H35FN4O7S2/c1-28(2,3)40-27(34)30(4)19-21-17-26(24-11-6-7-12-25(24)29)33(20-21)41(35,36)23-10-8-9-22(18-23)31(5)42(37,38)32-13-15-39-16-14-32/h6-12,17-18,20H,13-16,19H2,1-5H3. The number of carbonyl (C=O) groups is 1. The van der Waals surface area contributed by atoms with Gasteiger partial charge >= 0.3 is 16.3 Å². The summed E-state index contributed by atoms with van der Waals surface area (Å²) >= 11 is 0. The van der Waals surface area contributed by atoms with Crippen molar-refractivity contribution in [2.45, 2.75) is 37.8 Å². The van der Waals surface area contributed by atoms with E-state index in [0.717, 1.165) is 8.28 Å². The normalized spacial score (nSPS) is 14.9. The van der Waals surface area contributed by atoms with Gasteiger partial charge in [-0.05, 0) is 62.7 Å². The highest BCUT2D eigenvalue weighted by Crippen LogP contribution is 2.31. The van der Waals surface area contributed by atoms with E-state index in [-0.39, 0.29) is 54.7 Å². The molecular weight excluding hydrogens is 587 g/mol. The third-order valence-electron chi connectivity index (χ3n) is 6.50. The maximum absolute atomic E-state index is 14.9. The van der Waals surface area contributed by atoms with Crippen LogP contribution in [0.15, 0.2) is 65.7 Å². The lowest BCUT2D eigenvalue weighted by Gasteiger charge is -2.31. The second-order valence-corrected chi connectivity index (χ2v) is 14.6. The van der Waals surface area contributed by atoms with Crippen molar-refractivity contribution >= 4 is 32.0 Å². The van der Waals surface area contributed by atoms with Gasteiger partial charge in [-0.3, -0.25) is 4.31 Å². The predicted octanol–water partition coefficient (Wildman–Crippen LogP) is 3.91. The van der Waals surface area contributed by atoms with Gasteiger partial charge in [0.1, 0.15) is 11.4 Å². The van der Waals surface area contributed by atoms with Gasteiger partial charge in [-0.2, -0.15) is 12.7 Å². The number of aromatic nitrogens is 1. The minimum absolute atomic E-state index is 0.0144. The van der Waals surface area contributed by atoms with Crippen molar-refractivity contribution in [3.63, 3.8) is 0 Å². The van der Waals surface area contributed by atoms with E-state index in [9.17, 15) is 26.0 Å². The van der Waals surface area contributed by atoms with Crippen molar-refractivity contribution in [2.75, 3.05) is 44.7 Å². The largest absolute Gasteiger partial charge is 0.444 e. The van der Waals surface area contributed by atoms with Gasteiger partial charge in [0, 0.05) is 38.9 Å². The molecule has 0 bridgehead atoms. The van der Waals surface area contributed by atoms with E-state index in [1.165, 1.54) is 78.0 Å². The lowest BCUT2D eigenvalue weighted by atomic mass is 10.1. The molecule has 0 N–H and O–H groups in total. The number of anilines is 1. The lowest BCUT2D eigenvalue weighted by molar-refractivity contribution is 0.0285. The smallest absolute Gasteiger partial charge is 0.410 e. The van der Waals surface area contributed by atoms with Crippen LogP contribution in [0.3, 0.4) is 0 Å². The maximum Gasteiger partial charge on any atom is 0.410 e. The Labute approximate surface area is 246 Å². The third-order valence-corrected chi connectivity index (χ3v) is 10.1. The first-order valence-electron chi connectivity index (χ1n) is 13.2. The Hall–Kier alpha value is -3.46. The Morgan fingerprint density at radius 3 is 2.31 bits per heavy atom. The highest BCUT2D eigenvalue weighted by Gasteiger charge is 2.30. The van der Waals surface area contributed by atoms with Gasteiger partial charge in [-0.1, -0.05) is 18.2 Å². The van der Waals surface area contributed by atoms with Gasteiger partial charge in [-0.15, -0.1) is 0 Å². The van der Waals surface area contributed by atoms with Gasteiger partial charge in [0.25, 0.3) is 10.0 Å². The summed E-state index contributed by atoms with van der Waals surface area (Å²) in [5.41, 5.74) is -0.108. The van der Waals surface area contributed by atoms with Gasteiger partial charge in [0.05, 0.1) is 36.0 Å². The summed E-state index contributed by atoms with van der Waals surface area (Å²) < 4.78 is 83.3. The van der Waals surface area contributed by atoms with Gasteiger partial charge < -0.3 is 14.4 Å². The zero-order valence-corrected chi connectivity index (χ0v) is 25.8. The molecule has 42 heavy (non-hydrogen) atoms. The highest BCUT2D eigenvalue weighted by molar-refractivity contribution is 7.90. The molecule has 1 aromatic heterocycles. The van der Waals surface area contributed by atoms with E-state index in [2.05, 4.69) is 0 Å². The number of rotatable bonds is 8. The molecule has 3 aromatic rings. The fourth-order valence-electron chi connectivity index (χ4n) is 4.36. The average molecular weight is 623 g/mol. The molecule has 0 unspecified atom stereocenters. The number of amides is 1. The Balaban J connectivity index is 1.74. The van der Waals surface area contributed by atoms with E-state index in [1.54, 1.807) is 26.8 Å². The minimum Gasteiger partial charge on any atom is -0.444 e. The minimum atomic E-state index is -4.36. The molecule has 0 aliphatic carbocycles. The van der Waals surface area contributed by atoms with Gasteiger partial charge in [0.15, 0.2) is 0 Å². The maximum atomic E-state index is 14.9. The number of carbonyl (C=O) groups excluding carboxylic acids is 1. The van der Waals surface area contributed by atoms with Crippen LogP contribution in [0.5, 0.6) is 0 Å². The van der Waals surface area contributed by atoms with Crippen molar-refractivity contribution < 1.29 is 35.5 Å². The monoisotopic (exact) mass is 622 g/mol. The number of halogens is 1. The summed E-state index contributed by atoms with van der Waals surface area (Å²) in [6.45, 7) is 6.07. The predicted molar refractivity (Wildman–Crippen MR) is 156 cm³/mol. The summed E-state index contributed by atoms with van der Waals surface area (Å²) in [5, 5.41) is 0. The van der Waals surface area contributed by atoms with Crippen LogP contribution in [0.1, 0.15) is 26.3 Å². The summed E-state index contributed by atoms with van der Waals surface area (Å²) in [6.07, 6.45) is 0.710. The molecule has 0 saturated carbocycles. The fraction of sp³-hybridized carbons (Fsp3) is 0.393. The molecule has 1 aliphatic rings. The topological polar surface area (TPSA) is 118 Å². The molecule has 11 nitrogen and oxygen atoms in total. The quantitative estimate of drug-likeness (QED) is 0.374. The van der Waals surface area contributed by atoms with Crippen molar-refractivity contribution in [2.24, 2.45) is 0 Å². The van der Waals surface area contributed by atoms with Crippen molar-refractivity contribution in [1.82, 2.24) is 13.2 Å². The zero-order valence-electron chi connectivity index (χ0n) is 24.2. The molecule has 0 spiro atoms. The number of ether oxygens (including phenoxy) is 2. The molecule has 1 fully saturated rings. The van der Waals surface area contributed by atoms with E-state index < -0.39 is 37.7 Å². The van der Waals surface area contributed by atoms with E-state index in [4.69, 9.17) is 9.47 Å². The van der Waals surface area contributed by atoms with Crippen LogP contribution in [0.2, 0.25) is 0 Å².